The minimum Gasteiger partial charge on any atom is -0.493 e. The molecule has 1 aromatic heterocycles. The molecule has 0 N–H and O–H groups in total. The molecule has 6 heteroatoms. The van der Waals surface area contributed by atoms with Crippen LogP contribution < -0.4 is 4.74 Å². The number of rotatable bonds is 4. The van der Waals surface area contributed by atoms with Crippen LogP contribution in [-0.4, -0.2) is 26.3 Å². The van der Waals surface area contributed by atoms with Crippen molar-refractivity contribution in [2.24, 2.45) is 5.92 Å². The molecule has 0 radical (unpaired) electrons. The molecule has 0 amide bonds. The largest absolute Gasteiger partial charge is 0.493 e. The summed E-state index contributed by atoms with van der Waals surface area (Å²) in [6.45, 7) is 4.58. The van der Waals surface area contributed by atoms with E-state index in [1.165, 1.54) is 6.07 Å². The number of ether oxygens (including phenoxy) is 1. The Hall–Kier alpha value is -0.620. The van der Waals surface area contributed by atoms with Crippen LogP contribution in [0.15, 0.2) is 21.8 Å². The Morgan fingerprint density at radius 1 is 1.44 bits per heavy atom. The van der Waals surface area contributed by atoms with Crippen LogP contribution in [0.4, 0.5) is 0 Å². The molecule has 1 aromatic rings. The lowest BCUT2D eigenvalue weighted by molar-refractivity contribution is 0.270. The molecule has 1 rings (SSSR count). The third-order valence-electron chi connectivity index (χ3n) is 1.71. The second kappa shape index (κ2) is 5.14. The summed E-state index contributed by atoms with van der Waals surface area (Å²) in [6, 6.07) is 3.08. The Morgan fingerprint density at radius 3 is 2.56 bits per heavy atom. The smallest absolute Gasteiger partial charge is 0.192 e. The van der Waals surface area contributed by atoms with Crippen LogP contribution in [0.3, 0.4) is 0 Å². The molecule has 4 nitrogen and oxygen atoms in total. The van der Waals surface area contributed by atoms with Crippen molar-refractivity contribution in [3.8, 4) is 5.75 Å². The summed E-state index contributed by atoms with van der Waals surface area (Å²) in [5, 5.41) is 0.0145. The van der Waals surface area contributed by atoms with Gasteiger partial charge in [-0.15, -0.1) is 0 Å². The van der Waals surface area contributed by atoms with Gasteiger partial charge in [0.1, 0.15) is 10.4 Å². The first-order valence-electron chi connectivity index (χ1n) is 4.79. The summed E-state index contributed by atoms with van der Waals surface area (Å²) in [7, 11) is -3.31. The molecular formula is C10H14BrNO3S. The number of nitrogens with zero attached hydrogens (tertiary/aromatic N) is 1. The van der Waals surface area contributed by atoms with Crippen molar-refractivity contribution < 1.29 is 13.2 Å². The molecule has 0 aromatic carbocycles. The Kier molecular flexibility index (Phi) is 4.32. The average Bonchev–Trinajstić information content (AvgIpc) is 2.12. The van der Waals surface area contributed by atoms with E-state index in [9.17, 15) is 8.42 Å². The summed E-state index contributed by atoms with van der Waals surface area (Å²) in [4.78, 5) is 3.88. The second-order valence-corrected chi connectivity index (χ2v) is 6.72. The van der Waals surface area contributed by atoms with Gasteiger partial charge in [0, 0.05) is 18.4 Å². The normalized spacial score (nSPS) is 11.8. The van der Waals surface area contributed by atoms with Crippen LogP contribution in [0.5, 0.6) is 5.75 Å². The highest BCUT2D eigenvalue weighted by Crippen LogP contribution is 2.21. The minimum atomic E-state index is -3.31. The van der Waals surface area contributed by atoms with Gasteiger partial charge in [0.2, 0.25) is 0 Å². The number of halogens is 1. The maximum absolute atomic E-state index is 11.3. The zero-order chi connectivity index (χ0) is 12.3. The fourth-order valence-corrected chi connectivity index (χ4v) is 2.12. The summed E-state index contributed by atoms with van der Waals surface area (Å²) < 4.78 is 28.6. The quantitative estimate of drug-likeness (QED) is 0.801. The zero-order valence-corrected chi connectivity index (χ0v) is 11.8. The van der Waals surface area contributed by atoms with Gasteiger partial charge in [0.05, 0.1) is 6.61 Å². The van der Waals surface area contributed by atoms with Gasteiger partial charge in [0.25, 0.3) is 0 Å². The number of hydrogen-bond donors (Lipinski definition) is 0. The molecular weight excluding hydrogens is 294 g/mol. The predicted octanol–water partition coefficient (Wildman–Crippen LogP) is 2.28. The molecule has 0 saturated heterocycles. The van der Waals surface area contributed by atoms with Crippen LogP contribution in [0.1, 0.15) is 13.8 Å². The fourth-order valence-electron chi connectivity index (χ4n) is 0.987. The van der Waals surface area contributed by atoms with Gasteiger partial charge in [-0.25, -0.2) is 13.4 Å². The lowest BCUT2D eigenvalue weighted by atomic mass is 10.2. The van der Waals surface area contributed by atoms with E-state index in [4.69, 9.17) is 4.74 Å². The molecule has 0 unspecified atom stereocenters. The van der Waals surface area contributed by atoms with E-state index in [0.717, 1.165) is 6.26 Å². The van der Waals surface area contributed by atoms with Crippen molar-refractivity contribution in [2.75, 3.05) is 12.9 Å². The standard InChI is InChI=1S/C10H14BrNO3S/c1-7(2)6-15-8-4-9(11)12-10(5-8)16(3,13)14/h4-5,7H,6H2,1-3H3. The first-order chi connectivity index (χ1) is 7.29. The van der Waals surface area contributed by atoms with Crippen molar-refractivity contribution in [3.05, 3.63) is 16.7 Å². The molecule has 0 spiro atoms. The first kappa shape index (κ1) is 13.4. The molecule has 90 valence electrons. The maximum atomic E-state index is 11.3. The van der Waals surface area contributed by atoms with Crippen LogP contribution in [0.25, 0.3) is 0 Å². The highest BCUT2D eigenvalue weighted by molar-refractivity contribution is 9.10. The van der Waals surface area contributed by atoms with Crippen LogP contribution in [0.2, 0.25) is 0 Å². The van der Waals surface area contributed by atoms with Crippen molar-refractivity contribution in [3.63, 3.8) is 0 Å². The molecule has 0 atom stereocenters. The SMILES string of the molecule is CC(C)COc1cc(Br)nc(S(C)(=O)=O)c1. The summed E-state index contributed by atoms with van der Waals surface area (Å²) in [6.07, 6.45) is 1.12. The fraction of sp³-hybridized carbons (Fsp3) is 0.500. The van der Waals surface area contributed by atoms with Gasteiger partial charge in [-0.3, -0.25) is 0 Å². The van der Waals surface area contributed by atoms with Gasteiger partial charge in [-0.1, -0.05) is 13.8 Å². The Bertz CT molecular complexity index is 471. The highest BCUT2D eigenvalue weighted by atomic mass is 79.9. The lowest BCUT2D eigenvalue weighted by Gasteiger charge is -2.09. The van der Waals surface area contributed by atoms with E-state index in [0.29, 0.717) is 22.9 Å². The number of hydrogen-bond acceptors (Lipinski definition) is 4. The van der Waals surface area contributed by atoms with Crippen molar-refractivity contribution in [1.82, 2.24) is 4.98 Å². The molecule has 0 bridgehead atoms. The van der Waals surface area contributed by atoms with Crippen molar-refractivity contribution in [2.45, 2.75) is 18.9 Å². The molecule has 0 aliphatic heterocycles. The number of pyridine rings is 1. The molecule has 16 heavy (non-hydrogen) atoms. The molecule has 1 heterocycles. The van der Waals surface area contributed by atoms with Gasteiger partial charge in [-0.2, -0.15) is 0 Å². The Balaban J connectivity index is 3.00. The molecule has 0 aliphatic carbocycles. The summed E-state index contributed by atoms with van der Waals surface area (Å²) in [5.41, 5.74) is 0. The van der Waals surface area contributed by atoms with E-state index >= 15 is 0 Å². The second-order valence-electron chi connectivity index (χ2n) is 3.94. The van der Waals surface area contributed by atoms with Crippen molar-refractivity contribution >= 4 is 25.8 Å². The van der Waals surface area contributed by atoms with Crippen molar-refractivity contribution in [1.29, 1.82) is 0 Å². The molecule has 0 saturated carbocycles. The third kappa shape index (κ3) is 4.09. The van der Waals surface area contributed by atoms with E-state index in [1.807, 2.05) is 13.8 Å². The van der Waals surface area contributed by atoms with Gasteiger partial charge in [0.15, 0.2) is 14.9 Å². The first-order valence-corrected chi connectivity index (χ1v) is 7.48. The maximum Gasteiger partial charge on any atom is 0.192 e. The van der Waals surface area contributed by atoms with E-state index in [-0.39, 0.29) is 5.03 Å². The van der Waals surface area contributed by atoms with Crippen LogP contribution in [-0.2, 0) is 9.84 Å². The van der Waals surface area contributed by atoms with Gasteiger partial charge < -0.3 is 4.74 Å². The summed E-state index contributed by atoms with van der Waals surface area (Å²) >= 11 is 3.16. The van der Waals surface area contributed by atoms with Gasteiger partial charge >= 0.3 is 0 Å². The van der Waals surface area contributed by atoms with E-state index in [2.05, 4.69) is 20.9 Å². The highest BCUT2D eigenvalue weighted by Gasteiger charge is 2.12. The topological polar surface area (TPSA) is 56.3 Å². The third-order valence-corrected chi connectivity index (χ3v) is 3.08. The molecule has 0 fully saturated rings. The van der Waals surface area contributed by atoms with Crippen LogP contribution >= 0.6 is 15.9 Å². The number of sulfone groups is 1. The minimum absolute atomic E-state index is 0.0145. The predicted molar refractivity (Wildman–Crippen MR) is 65.4 cm³/mol. The monoisotopic (exact) mass is 307 g/mol. The van der Waals surface area contributed by atoms with Crippen LogP contribution in [0, 0.1) is 5.92 Å². The lowest BCUT2D eigenvalue weighted by Crippen LogP contribution is -2.06. The van der Waals surface area contributed by atoms with E-state index in [1.54, 1.807) is 6.07 Å². The zero-order valence-electron chi connectivity index (χ0n) is 9.40. The average molecular weight is 308 g/mol. The number of aromatic nitrogens is 1. The Morgan fingerprint density at radius 2 is 2.06 bits per heavy atom. The van der Waals surface area contributed by atoms with Gasteiger partial charge in [-0.05, 0) is 21.8 Å². The summed E-state index contributed by atoms with van der Waals surface area (Å²) in [5.74, 6) is 0.893. The molecule has 0 aliphatic rings. The Labute approximate surface area is 104 Å². The van der Waals surface area contributed by atoms with E-state index < -0.39 is 9.84 Å².